The lowest BCUT2D eigenvalue weighted by Gasteiger charge is -2.30. The Morgan fingerprint density at radius 1 is 1.07 bits per heavy atom. The minimum absolute atomic E-state index is 0.0138. The van der Waals surface area contributed by atoms with Gasteiger partial charge in [-0.1, -0.05) is 5.16 Å². The molecule has 0 bridgehead atoms. The molecule has 14 heteroatoms. The van der Waals surface area contributed by atoms with Crippen LogP contribution in [0.25, 0.3) is 33.4 Å². The van der Waals surface area contributed by atoms with Gasteiger partial charge >= 0.3 is 7.82 Å². The average molecular weight is 575 g/mol. The van der Waals surface area contributed by atoms with Crippen LogP contribution in [-0.4, -0.2) is 36.9 Å². The minimum Gasteiger partial charge on any atom is -0.398 e. The molecule has 1 aromatic carbocycles. The highest BCUT2D eigenvalue weighted by atomic mass is 31.2. The smallest absolute Gasteiger partial charge is 0.398 e. The van der Waals surface area contributed by atoms with E-state index in [0.717, 1.165) is 6.07 Å². The summed E-state index contributed by atoms with van der Waals surface area (Å²) in [7, 11) is -3.97. The molecule has 12 nitrogen and oxygen atoms in total. The van der Waals surface area contributed by atoms with Gasteiger partial charge in [-0.05, 0) is 60.6 Å². The van der Waals surface area contributed by atoms with Crippen molar-refractivity contribution < 1.29 is 31.8 Å². The number of nitrogens with zero attached hydrogens (tertiary/aromatic N) is 4. The number of rotatable bonds is 8. The normalized spacial score (nSPS) is 12.8. The van der Waals surface area contributed by atoms with Crippen molar-refractivity contribution >= 4 is 36.1 Å². The summed E-state index contributed by atoms with van der Waals surface area (Å²) in [4.78, 5) is 16.4. The van der Waals surface area contributed by atoms with Gasteiger partial charge in [0, 0.05) is 40.3 Å². The predicted octanol–water partition coefficient (Wildman–Crippen LogP) is 5.97. The van der Waals surface area contributed by atoms with Crippen LogP contribution >= 0.6 is 7.82 Å². The zero-order valence-corrected chi connectivity index (χ0v) is 24.2. The standard InChI is InChI=1S/C26H32FN6O6P/c1-14(34)16-8-17(19(27)9-20(16)28)22-21-23(37-32-24(21)29)18(11-30-22)15-10-31-33(12-15)13-36-40(35,38-25(2,3)4)39-26(5,6)7/h8-12H,13,28H2,1-7H3,(H2,29,32). The van der Waals surface area contributed by atoms with E-state index in [-0.39, 0.29) is 51.8 Å². The van der Waals surface area contributed by atoms with Crippen LogP contribution in [-0.2, 0) is 24.9 Å². The molecule has 4 N–H and O–H groups in total. The Bertz CT molecular complexity index is 1620. The van der Waals surface area contributed by atoms with Gasteiger partial charge in [-0.25, -0.2) is 13.6 Å². The fraction of sp³-hybridized carbons (Fsp3) is 0.385. The third-order valence-electron chi connectivity index (χ3n) is 5.36. The highest BCUT2D eigenvalue weighted by Crippen LogP contribution is 2.55. The van der Waals surface area contributed by atoms with Gasteiger partial charge in [0.2, 0.25) is 0 Å². The minimum atomic E-state index is -3.97. The molecule has 0 aliphatic carbocycles. The average Bonchev–Trinajstić information content (AvgIpc) is 3.42. The topological polar surface area (TPSA) is 171 Å². The fourth-order valence-electron chi connectivity index (χ4n) is 3.90. The molecular formula is C26H32FN6O6P. The van der Waals surface area contributed by atoms with Crippen molar-refractivity contribution in [1.82, 2.24) is 19.9 Å². The fourth-order valence-corrected chi connectivity index (χ4v) is 5.64. The summed E-state index contributed by atoms with van der Waals surface area (Å²) in [6, 6.07) is 2.39. The SMILES string of the molecule is CC(=O)c1cc(-c2ncc(-c3cnn(COP(=O)(OC(C)(C)C)OC(C)(C)C)c3)c3onc(N)c23)c(F)cc1N. The summed E-state index contributed by atoms with van der Waals surface area (Å²) in [5.74, 6) is -1.03. The Morgan fingerprint density at radius 2 is 1.73 bits per heavy atom. The number of ketones is 1. The molecule has 4 aromatic rings. The number of phosphoric acid groups is 1. The number of hydrogen-bond acceptors (Lipinski definition) is 11. The lowest BCUT2D eigenvalue weighted by molar-refractivity contribution is -0.00758. The lowest BCUT2D eigenvalue weighted by atomic mass is 9.99. The number of nitrogen functional groups attached to an aromatic ring is 2. The van der Waals surface area contributed by atoms with Gasteiger partial charge in [0.25, 0.3) is 0 Å². The molecule has 3 heterocycles. The Balaban J connectivity index is 1.68. The third kappa shape index (κ3) is 6.39. The number of Topliss-reactive ketones (excluding diaryl/α,β-unsaturated/α-hetero) is 1. The van der Waals surface area contributed by atoms with E-state index in [1.807, 2.05) is 0 Å². The summed E-state index contributed by atoms with van der Waals surface area (Å²) in [5.41, 5.74) is 11.8. The molecule has 3 aromatic heterocycles. The van der Waals surface area contributed by atoms with Crippen molar-refractivity contribution in [3.63, 3.8) is 0 Å². The molecule has 0 aliphatic rings. The van der Waals surface area contributed by atoms with Crippen molar-refractivity contribution in [2.75, 3.05) is 11.5 Å². The van der Waals surface area contributed by atoms with Crippen LogP contribution in [0.5, 0.6) is 0 Å². The molecule has 40 heavy (non-hydrogen) atoms. The van der Waals surface area contributed by atoms with Crippen LogP contribution in [0.1, 0.15) is 58.8 Å². The van der Waals surface area contributed by atoms with E-state index >= 15 is 0 Å². The molecule has 0 spiro atoms. The molecule has 0 amide bonds. The van der Waals surface area contributed by atoms with Gasteiger partial charge in [-0.2, -0.15) is 5.10 Å². The Kier molecular flexibility index (Phi) is 7.63. The van der Waals surface area contributed by atoms with Gasteiger partial charge < -0.3 is 16.0 Å². The van der Waals surface area contributed by atoms with Crippen LogP contribution in [0.4, 0.5) is 15.9 Å². The summed E-state index contributed by atoms with van der Waals surface area (Å²) in [6.07, 6.45) is 4.56. The predicted molar refractivity (Wildman–Crippen MR) is 148 cm³/mol. The monoisotopic (exact) mass is 574 g/mol. The largest absolute Gasteiger partial charge is 0.477 e. The number of hydrogen-bond donors (Lipinski definition) is 2. The van der Waals surface area contributed by atoms with Gasteiger partial charge in [-0.15, -0.1) is 0 Å². The highest BCUT2D eigenvalue weighted by Gasteiger charge is 2.37. The molecular weight excluding hydrogens is 542 g/mol. The van der Waals surface area contributed by atoms with Crippen molar-refractivity contribution in [2.45, 2.75) is 66.4 Å². The van der Waals surface area contributed by atoms with Crippen LogP contribution in [0, 0.1) is 5.82 Å². The number of pyridine rings is 1. The van der Waals surface area contributed by atoms with E-state index in [1.165, 1.54) is 30.1 Å². The second kappa shape index (κ2) is 10.4. The second-order valence-corrected chi connectivity index (χ2v) is 12.7. The van der Waals surface area contributed by atoms with Crippen molar-refractivity contribution in [3.8, 4) is 22.4 Å². The van der Waals surface area contributed by atoms with E-state index in [2.05, 4.69) is 15.2 Å². The van der Waals surface area contributed by atoms with Crippen molar-refractivity contribution in [1.29, 1.82) is 0 Å². The Hall–Kier alpha value is -3.64. The molecule has 0 aliphatic heterocycles. The Morgan fingerprint density at radius 3 is 2.33 bits per heavy atom. The number of carbonyl (C=O) groups is 1. The molecule has 0 radical (unpaired) electrons. The quantitative estimate of drug-likeness (QED) is 0.144. The number of carbonyl (C=O) groups excluding carboxylic acids is 1. The maximum atomic E-state index is 15.0. The maximum Gasteiger partial charge on any atom is 0.477 e. The third-order valence-corrected chi connectivity index (χ3v) is 7.33. The lowest BCUT2D eigenvalue weighted by Crippen LogP contribution is -2.25. The number of benzene rings is 1. The van der Waals surface area contributed by atoms with Crippen LogP contribution < -0.4 is 11.5 Å². The zero-order chi connectivity index (χ0) is 29.6. The Labute approximate surface area is 230 Å². The van der Waals surface area contributed by atoms with E-state index in [1.54, 1.807) is 47.7 Å². The number of aromatic nitrogens is 4. The molecule has 0 atom stereocenters. The zero-order valence-electron chi connectivity index (χ0n) is 23.3. The summed E-state index contributed by atoms with van der Waals surface area (Å²) < 4.78 is 52.1. The molecule has 0 saturated carbocycles. The van der Waals surface area contributed by atoms with E-state index in [4.69, 9.17) is 29.6 Å². The van der Waals surface area contributed by atoms with Crippen LogP contribution in [0.2, 0.25) is 0 Å². The number of halogens is 1. The van der Waals surface area contributed by atoms with Crippen molar-refractivity contribution in [3.05, 3.63) is 42.1 Å². The number of nitrogens with two attached hydrogens (primary N) is 2. The molecule has 0 unspecified atom stereocenters. The summed E-state index contributed by atoms with van der Waals surface area (Å²) >= 11 is 0. The van der Waals surface area contributed by atoms with E-state index < -0.39 is 24.8 Å². The first-order valence-electron chi connectivity index (χ1n) is 12.3. The van der Waals surface area contributed by atoms with Crippen molar-refractivity contribution in [2.24, 2.45) is 0 Å². The van der Waals surface area contributed by atoms with Gasteiger partial charge in [0.15, 0.2) is 23.9 Å². The first-order valence-corrected chi connectivity index (χ1v) is 13.8. The summed E-state index contributed by atoms with van der Waals surface area (Å²) in [5, 5.41) is 8.36. The molecule has 214 valence electrons. The van der Waals surface area contributed by atoms with Gasteiger partial charge in [-0.3, -0.25) is 23.3 Å². The first kappa shape index (κ1) is 29.3. The second-order valence-electron chi connectivity index (χ2n) is 11.1. The van der Waals surface area contributed by atoms with E-state index in [0.29, 0.717) is 11.1 Å². The molecule has 0 fully saturated rings. The van der Waals surface area contributed by atoms with Gasteiger partial charge in [0.05, 0.1) is 28.5 Å². The molecule has 0 saturated heterocycles. The molecule has 4 rings (SSSR count). The first-order chi connectivity index (χ1) is 18.5. The highest BCUT2D eigenvalue weighted by molar-refractivity contribution is 7.48. The van der Waals surface area contributed by atoms with Gasteiger partial charge in [0.1, 0.15) is 5.82 Å². The van der Waals surface area contributed by atoms with Crippen LogP contribution in [0.3, 0.4) is 0 Å². The summed E-state index contributed by atoms with van der Waals surface area (Å²) in [6.45, 7) is 11.5. The number of fused-ring (bicyclic) bond motifs is 1. The number of phosphoric ester groups is 1. The van der Waals surface area contributed by atoms with Crippen LogP contribution in [0.15, 0.2) is 35.2 Å². The number of anilines is 2. The maximum absolute atomic E-state index is 15.0. The van der Waals surface area contributed by atoms with E-state index in [9.17, 15) is 13.8 Å².